The summed E-state index contributed by atoms with van der Waals surface area (Å²) in [6, 6.07) is 0. The van der Waals surface area contributed by atoms with Crippen LogP contribution in [0.25, 0.3) is 0 Å². The molecule has 5 rings (SSSR count). The Bertz CT molecular complexity index is 701. The SMILES string of the molecule is C/C=C1/CCC2C3C(CC[C@]12C)[C@@]1(C)CC[C@H](O)CC1(O)[C@H]1OC(C)(C)O[C@H]31. The van der Waals surface area contributed by atoms with Crippen LogP contribution in [0, 0.1) is 28.6 Å². The third-order valence-corrected chi connectivity index (χ3v) is 9.86. The first-order valence-electron chi connectivity index (χ1n) is 11.5. The van der Waals surface area contributed by atoms with Gasteiger partial charge in [0.25, 0.3) is 0 Å². The fraction of sp³-hybridized carbons (Fsp3) is 0.917. The molecule has 4 saturated carbocycles. The topological polar surface area (TPSA) is 58.9 Å². The predicted molar refractivity (Wildman–Crippen MR) is 108 cm³/mol. The maximum atomic E-state index is 12.1. The normalized spacial score (nSPS) is 58.8. The summed E-state index contributed by atoms with van der Waals surface area (Å²) < 4.78 is 13.0. The Morgan fingerprint density at radius 3 is 2.46 bits per heavy atom. The van der Waals surface area contributed by atoms with E-state index in [-0.39, 0.29) is 23.0 Å². The van der Waals surface area contributed by atoms with E-state index < -0.39 is 17.5 Å². The lowest BCUT2D eigenvalue weighted by Crippen LogP contribution is -2.72. The van der Waals surface area contributed by atoms with Crippen molar-refractivity contribution in [1.29, 1.82) is 0 Å². The summed E-state index contributed by atoms with van der Waals surface area (Å²) in [5.74, 6) is 0.760. The van der Waals surface area contributed by atoms with Gasteiger partial charge in [0.1, 0.15) is 11.7 Å². The van der Waals surface area contributed by atoms with Gasteiger partial charge in [-0.05, 0) is 82.5 Å². The van der Waals surface area contributed by atoms with Gasteiger partial charge in [0.05, 0.1) is 12.2 Å². The monoisotopic (exact) mass is 390 g/mol. The van der Waals surface area contributed by atoms with Gasteiger partial charge >= 0.3 is 0 Å². The smallest absolute Gasteiger partial charge is 0.163 e. The highest BCUT2D eigenvalue weighted by molar-refractivity contribution is 5.27. The summed E-state index contributed by atoms with van der Waals surface area (Å²) >= 11 is 0. The maximum Gasteiger partial charge on any atom is 0.163 e. The van der Waals surface area contributed by atoms with E-state index in [0.717, 1.165) is 19.3 Å². The van der Waals surface area contributed by atoms with Gasteiger partial charge in [-0.2, -0.15) is 0 Å². The summed E-state index contributed by atoms with van der Waals surface area (Å²) in [4.78, 5) is 0. The molecule has 28 heavy (non-hydrogen) atoms. The minimum absolute atomic E-state index is 0.0794. The van der Waals surface area contributed by atoms with Crippen molar-refractivity contribution in [3.05, 3.63) is 11.6 Å². The molecule has 4 heteroatoms. The van der Waals surface area contributed by atoms with Crippen molar-refractivity contribution >= 4 is 0 Å². The molecule has 0 amide bonds. The zero-order valence-electron chi connectivity index (χ0n) is 18.2. The first kappa shape index (κ1) is 19.5. The average molecular weight is 391 g/mol. The van der Waals surface area contributed by atoms with Crippen LogP contribution in [0.1, 0.15) is 79.6 Å². The van der Waals surface area contributed by atoms with Crippen LogP contribution in [0.15, 0.2) is 11.6 Å². The van der Waals surface area contributed by atoms with Crippen molar-refractivity contribution in [2.24, 2.45) is 28.6 Å². The fourth-order valence-electron chi connectivity index (χ4n) is 8.48. The van der Waals surface area contributed by atoms with Crippen LogP contribution in [-0.2, 0) is 9.47 Å². The first-order valence-corrected chi connectivity index (χ1v) is 11.5. The highest BCUT2D eigenvalue weighted by Gasteiger charge is 2.73. The molecule has 1 aliphatic heterocycles. The van der Waals surface area contributed by atoms with Gasteiger partial charge in [-0.1, -0.05) is 25.5 Å². The Balaban J connectivity index is 1.63. The lowest BCUT2D eigenvalue weighted by molar-refractivity contribution is -0.273. The molecule has 4 unspecified atom stereocenters. The van der Waals surface area contributed by atoms with E-state index in [4.69, 9.17) is 9.47 Å². The third-order valence-electron chi connectivity index (χ3n) is 9.86. The number of fused-ring (bicyclic) bond motifs is 8. The summed E-state index contributed by atoms with van der Waals surface area (Å²) in [7, 11) is 0. The molecule has 2 N–H and O–H groups in total. The number of aliphatic hydroxyl groups is 2. The van der Waals surface area contributed by atoms with Crippen molar-refractivity contribution in [3.63, 3.8) is 0 Å². The van der Waals surface area contributed by atoms with E-state index in [1.807, 2.05) is 13.8 Å². The van der Waals surface area contributed by atoms with Crippen molar-refractivity contribution < 1.29 is 19.7 Å². The zero-order valence-corrected chi connectivity index (χ0v) is 18.2. The standard InChI is InChI=1S/C24H38O4/c1-6-14-7-8-16-18-17(10-11-22(14,16)4)23(5)12-9-15(25)13-24(23,26)20-19(18)27-21(2,3)28-20/h6,15-20,25-26H,7-13H2,1-5H3/b14-6-/t15-,16?,17?,18?,19+,20-,22+,23+,24?/m0/s1. The molecule has 4 aliphatic carbocycles. The van der Waals surface area contributed by atoms with Crippen LogP contribution in [0.4, 0.5) is 0 Å². The Kier molecular flexibility index (Phi) is 4.07. The second kappa shape index (κ2) is 5.84. The van der Waals surface area contributed by atoms with E-state index in [9.17, 15) is 10.2 Å². The molecule has 9 atom stereocenters. The quantitative estimate of drug-likeness (QED) is 0.609. The summed E-state index contributed by atoms with van der Waals surface area (Å²) in [5.41, 5.74) is 0.647. The van der Waals surface area contributed by atoms with Gasteiger partial charge in [-0.3, -0.25) is 0 Å². The van der Waals surface area contributed by atoms with Gasteiger partial charge in [0.15, 0.2) is 5.79 Å². The Hall–Kier alpha value is -0.420. The molecule has 0 aromatic carbocycles. The molecule has 158 valence electrons. The van der Waals surface area contributed by atoms with E-state index in [2.05, 4.69) is 26.8 Å². The summed E-state index contributed by atoms with van der Waals surface area (Å²) in [5, 5.41) is 22.6. The second-order valence-electron chi connectivity index (χ2n) is 11.4. The van der Waals surface area contributed by atoms with Crippen LogP contribution in [0.2, 0.25) is 0 Å². The van der Waals surface area contributed by atoms with Gasteiger partial charge in [0, 0.05) is 11.8 Å². The molecule has 0 aromatic heterocycles. The van der Waals surface area contributed by atoms with Crippen LogP contribution in [0.5, 0.6) is 0 Å². The van der Waals surface area contributed by atoms with E-state index in [0.29, 0.717) is 24.2 Å². The summed E-state index contributed by atoms with van der Waals surface area (Å²) in [6.07, 6.45) is 8.31. The Labute approximate surface area is 169 Å². The molecular formula is C24H38O4. The number of hydrogen-bond donors (Lipinski definition) is 2. The highest BCUT2D eigenvalue weighted by Crippen LogP contribution is 2.70. The lowest BCUT2D eigenvalue weighted by Gasteiger charge is -2.66. The number of ether oxygens (including phenoxy) is 2. The van der Waals surface area contributed by atoms with Gasteiger partial charge in [0.2, 0.25) is 0 Å². The molecule has 0 aromatic rings. The van der Waals surface area contributed by atoms with Crippen LogP contribution >= 0.6 is 0 Å². The van der Waals surface area contributed by atoms with E-state index >= 15 is 0 Å². The number of aliphatic hydroxyl groups excluding tert-OH is 1. The molecule has 5 aliphatic rings. The molecule has 0 radical (unpaired) electrons. The van der Waals surface area contributed by atoms with Crippen LogP contribution < -0.4 is 0 Å². The first-order chi connectivity index (χ1) is 13.1. The largest absolute Gasteiger partial charge is 0.393 e. The van der Waals surface area contributed by atoms with Gasteiger partial charge in [-0.15, -0.1) is 0 Å². The van der Waals surface area contributed by atoms with Crippen LogP contribution in [0.3, 0.4) is 0 Å². The number of allylic oxidation sites excluding steroid dienone is 2. The minimum atomic E-state index is -1.01. The predicted octanol–water partition coefficient (Wildman–Crippen LogP) is 4.19. The molecule has 4 nitrogen and oxygen atoms in total. The minimum Gasteiger partial charge on any atom is -0.393 e. The lowest BCUT2D eigenvalue weighted by atomic mass is 9.42. The van der Waals surface area contributed by atoms with Gasteiger partial charge < -0.3 is 19.7 Å². The van der Waals surface area contributed by atoms with E-state index in [1.165, 1.54) is 19.3 Å². The summed E-state index contributed by atoms with van der Waals surface area (Å²) in [6.45, 7) is 10.9. The van der Waals surface area contributed by atoms with Crippen molar-refractivity contribution in [2.75, 3.05) is 0 Å². The Morgan fingerprint density at radius 1 is 1.00 bits per heavy atom. The maximum absolute atomic E-state index is 12.1. The molecule has 1 saturated heterocycles. The van der Waals surface area contributed by atoms with E-state index in [1.54, 1.807) is 5.57 Å². The fourth-order valence-corrected chi connectivity index (χ4v) is 8.48. The van der Waals surface area contributed by atoms with Crippen molar-refractivity contribution in [2.45, 2.75) is 109 Å². The molecule has 1 heterocycles. The Morgan fingerprint density at radius 2 is 1.75 bits per heavy atom. The second-order valence-corrected chi connectivity index (χ2v) is 11.4. The highest BCUT2D eigenvalue weighted by atomic mass is 16.8. The van der Waals surface area contributed by atoms with Crippen molar-refractivity contribution in [1.82, 2.24) is 0 Å². The van der Waals surface area contributed by atoms with Crippen LogP contribution in [-0.4, -0.2) is 39.9 Å². The zero-order chi connectivity index (χ0) is 20.1. The molecule has 0 spiro atoms. The average Bonchev–Trinajstić information content (AvgIpc) is 3.13. The molecular weight excluding hydrogens is 352 g/mol. The third kappa shape index (κ3) is 2.27. The molecule has 0 bridgehead atoms. The molecule has 5 fully saturated rings. The van der Waals surface area contributed by atoms with Crippen molar-refractivity contribution in [3.8, 4) is 0 Å². The number of hydrogen-bond acceptors (Lipinski definition) is 4. The van der Waals surface area contributed by atoms with Gasteiger partial charge in [-0.25, -0.2) is 0 Å². The number of rotatable bonds is 0.